The zero-order valence-corrected chi connectivity index (χ0v) is 18.7. The van der Waals surface area contributed by atoms with Crippen LogP contribution in [0.25, 0.3) is 17.2 Å². The van der Waals surface area contributed by atoms with E-state index in [1.165, 1.54) is 23.0 Å². The number of rotatable bonds is 0. The molecule has 14 nitrogen and oxygen atoms in total. The maximum absolute atomic E-state index is 12.7. The van der Waals surface area contributed by atoms with Gasteiger partial charge in [0.2, 0.25) is 0 Å². The lowest BCUT2D eigenvalue weighted by molar-refractivity contribution is -0.0471. The lowest BCUT2D eigenvalue weighted by Gasteiger charge is -2.18. The molecule has 2 bridgehead atoms. The predicted octanol–water partition coefficient (Wildman–Crippen LogP) is -1.01. The lowest BCUT2D eigenvalue weighted by atomic mass is 10.0. The second-order valence-electron chi connectivity index (χ2n) is 7.90. The van der Waals surface area contributed by atoms with E-state index in [2.05, 4.69) is 15.0 Å². The average Bonchev–Trinajstić information content (AvgIpc) is 3.29. The lowest BCUT2D eigenvalue weighted by Crippen LogP contribution is -2.38. The topological polar surface area (TPSA) is 212 Å². The number of fused-ring (bicyclic) bond motifs is 7. The van der Waals surface area contributed by atoms with Crippen LogP contribution in [0.5, 0.6) is 5.75 Å². The van der Waals surface area contributed by atoms with Crippen molar-refractivity contribution in [2.45, 2.75) is 31.0 Å². The van der Waals surface area contributed by atoms with Gasteiger partial charge >= 0.3 is 10.3 Å². The highest BCUT2D eigenvalue weighted by atomic mass is 32.2. The van der Waals surface area contributed by atoms with Crippen molar-refractivity contribution in [3.8, 4) is 5.75 Å². The van der Waals surface area contributed by atoms with Gasteiger partial charge in [-0.3, -0.25) is 13.5 Å². The van der Waals surface area contributed by atoms with E-state index in [1.807, 2.05) is 0 Å². The molecule has 1 amide bonds. The van der Waals surface area contributed by atoms with E-state index in [4.69, 9.17) is 14.7 Å². The van der Waals surface area contributed by atoms with E-state index in [-0.39, 0.29) is 34.8 Å². The molecule has 0 spiro atoms. The van der Waals surface area contributed by atoms with Gasteiger partial charge in [0.15, 0.2) is 23.2 Å². The Balaban J connectivity index is 1.67. The van der Waals surface area contributed by atoms with Gasteiger partial charge in [-0.15, -0.1) is 0 Å². The van der Waals surface area contributed by atoms with Crippen LogP contribution >= 0.6 is 0 Å². The molecule has 2 aromatic heterocycles. The van der Waals surface area contributed by atoms with Gasteiger partial charge in [-0.05, 0) is 24.1 Å². The van der Waals surface area contributed by atoms with E-state index < -0.39 is 53.1 Å². The van der Waals surface area contributed by atoms with Gasteiger partial charge in [0.05, 0.1) is 12.2 Å². The number of aromatic hydroxyl groups is 1. The summed E-state index contributed by atoms with van der Waals surface area (Å²) in [6.07, 6.45) is -1.13. The Labute approximate surface area is 197 Å². The van der Waals surface area contributed by atoms with Gasteiger partial charge in [0, 0.05) is 0 Å². The minimum Gasteiger partial charge on any atom is -0.507 e. The molecule has 1 fully saturated rings. The molecule has 15 heteroatoms. The highest BCUT2D eigenvalue weighted by Crippen LogP contribution is 2.34. The van der Waals surface area contributed by atoms with Crippen molar-refractivity contribution in [3.05, 3.63) is 47.6 Å². The number of amides is 1. The minimum absolute atomic E-state index is 0.0729. The van der Waals surface area contributed by atoms with Gasteiger partial charge in [0.25, 0.3) is 5.91 Å². The number of nitrogens with zero attached hydrogens (tertiary/aromatic N) is 4. The minimum atomic E-state index is -4.66. The third-order valence-electron chi connectivity index (χ3n) is 5.69. The number of carbonyl (C=O) groups is 1. The molecule has 35 heavy (non-hydrogen) atoms. The molecule has 6 N–H and O–H groups in total. The van der Waals surface area contributed by atoms with Crippen LogP contribution in [0.4, 0.5) is 5.82 Å². The number of hydrogen-bond donors (Lipinski definition) is 5. The number of imidazole rings is 1. The number of benzene rings is 1. The van der Waals surface area contributed by atoms with Gasteiger partial charge in [-0.1, -0.05) is 18.2 Å². The molecule has 5 rings (SSSR count). The van der Waals surface area contributed by atoms with E-state index in [0.717, 1.165) is 0 Å². The summed E-state index contributed by atoms with van der Waals surface area (Å²) in [5.74, 6) is -1.23. The summed E-state index contributed by atoms with van der Waals surface area (Å²) in [4.78, 5) is 25.2. The highest BCUT2D eigenvalue weighted by molar-refractivity contribution is 7.85. The molecule has 0 unspecified atom stereocenters. The zero-order chi connectivity index (χ0) is 24.9. The Kier molecular flexibility index (Phi) is 5.65. The van der Waals surface area contributed by atoms with Crippen LogP contribution < -0.4 is 10.5 Å². The largest absolute Gasteiger partial charge is 0.507 e. The molecule has 0 aliphatic carbocycles. The summed E-state index contributed by atoms with van der Waals surface area (Å²) in [7, 11) is -4.66. The van der Waals surface area contributed by atoms with Crippen molar-refractivity contribution in [2.24, 2.45) is 0 Å². The van der Waals surface area contributed by atoms with Crippen LogP contribution in [0.3, 0.4) is 0 Å². The van der Waals surface area contributed by atoms with E-state index in [1.54, 1.807) is 22.9 Å². The van der Waals surface area contributed by atoms with Crippen LogP contribution in [-0.4, -0.2) is 74.1 Å². The van der Waals surface area contributed by atoms with Crippen LogP contribution in [0, 0.1) is 0 Å². The number of phenols is 1. The summed E-state index contributed by atoms with van der Waals surface area (Å²) in [5, 5.41) is 31.4. The number of nitrogen functional groups attached to an aromatic ring is 1. The Hall–Kier alpha value is -3.63. The van der Waals surface area contributed by atoms with Crippen LogP contribution in [0.15, 0.2) is 30.6 Å². The fourth-order valence-electron chi connectivity index (χ4n) is 4.05. The molecule has 1 aromatic carbocycles. The van der Waals surface area contributed by atoms with Crippen molar-refractivity contribution < 1.29 is 37.5 Å². The molecular formula is C20H20N6O8S. The van der Waals surface area contributed by atoms with Gasteiger partial charge < -0.3 is 25.8 Å². The standard InChI is InChI=1S/C20H20N6O8S/c21-17-14-18(23-8-22-17)26-12(24-14)6-2-4-9-3-1-5-10(27)13(9)19(30)25-35(31,32)33-7-11-15(28)16(29)20(26)34-11/h1-3,5-6,8,11,15-16,20,27-29H,4,7H2,(H,25,30)(H2,21,22,23)/b6-2-/t11-,15-,16-,20-/m1/s1. The number of nitrogens with two attached hydrogens (primary N) is 1. The molecular weight excluding hydrogens is 484 g/mol. The van der Waals surface area contributed by atoms with Gasteiger partial charge in [-0.25, -0.2) is 19.7 Å². The van der Waals surface area contributed by atoms with Gasteiger partial charge in [0.1, 0.15) is 36.2 Å². The Morgan fingerprint density at radius 1 is 1.20 bits per heavy atom. The molecule has 0 saturated carbocycles. The monoisotopic (exact) mass is 504 g/mol. The fraction of sp³-hybridized carbons (Fsp3) is 0.300. The molecule has 4 heterocycles. The summed E-state index contributed by atoms with van der Waals surface area (Å²) < 4.78 is 38.5. The predicted molar refractivity (Wildman–Crippen MR) is 119 cm³/mol. The summed E-state index contributed by atoms with van der Waals surface area (Å²) in [5.41, 5.74) is 6.43. The first-order valence-corrected chi connectivity index (χ1v) is 11.8. The second kappa shape index (κ2) is 8.54. The Morgan fingerprint density at radius 2 is 2.00 bits per heavy atom. The zero-order valence-electron chi connectivity index (χ0n) is 17.8. The molecule has 184 valence electrons. The van der Waals surface area contributed by atoms with E-state index in [0.29, 0.717) is 5.56 Å². The quantitative estimate of drug-likeness (QED) is 0.249. The second-order valence-corrected chi connectivity index (χ2v) is 9.25. The molecule has 1 saturated heterocycles. The normalized spacial score (nSPS) is 27.3. The maximum atomic E-state index is 12.7. The summed E-state index contributed by atoms with van der Waals surface area (Å²) in [6.45, 7) is -0.722. The number of aromatic nitrogens is 4. The Morgan fingerprint density at radius 3 is 2.80 bits per heavy atom. The third kappa shape index (κ3) is 4.08. The van der Waals surface area contributed by atoms with E-state index >= 15 is 0 Å². The number of nitrogens with one attached hydrogen (secondary N) is 1. The SMILES string of the molecule is Nc1ncnc2c1nc1n2[C@@H]2O[C@H](COS(=O)(=O)NC(=O)c3c(O)cccc3C/C=C\1)[C@@H](O)[C@H]2O. The van der Waals surface area contributed by atoms with Gasteiger partial charge in [-0.2, -0.15) is 8.42 Å². The first kappa shape index (κ1) is 23.1. The number of ether oxygens (including phenoxy) is 1. The molecule has 3 aromatic rings. The average molecular weight is 504 g/mol. The molecule has 2 aliphatic rings. The summed E-state index contributed by atoms with van der Waals surface area (Å²) >= 11 is 0. The molecule has 2 aliphatic heterocycles. The number of carbonyl (C=O) groups excluding carboxylic acids is 1. The number of anilines is 1. The molecule has 4 atom stereocenters. The number of allylic oxidation sites excluding steroid dienone is 1. The highest BCUT2D eigenvalue weighted by Gasteiger charge is 2.46. The van der Waals surface area contributed by atoms with Crippen molar-refractivity contribution in [1.82, 2.24) is 24.2 Å². The Bertz CT molecular complexity index is 1460. The van der Waals surface area contributed by atoms with Crippen LogP contribution in [0.2, 0.25) is 0 Å². The third-order valence-corrected chi connectivity index (χ3v) is 6.57. The number of aliphatic hydroxyl groups is 2. The van der Waals surface area contributed by atoms with E-state index in [9.17, 15) is 28.5 Å². The number of phenolic OH excluding ortho intramolecular Hbond substituents is 1. The number of hydrogen-bond acceptors (Lipinski definition) is 12. The van der Waals surface area contributed by atoms with Crippen molar-refractivity contribution in [3.63, 3.8) is 0 Å². The first-order valence-electron chi connectivity index (χ1n) is 10.3. The van der Waals surface area contributed by atoms with Crippen LogP contribution in [0.1, 0.15) is 28.0 Å². The van der Waals surface area contributed by atoms with Crippen molar-refractivity contribution in [1.29, 1.82) is 0 Å². The van der Waals surface area contributed by atoms with Crippen molar-refractivity contribution >= 4 is 39.3 Å². The first-order chi connectivity index (χ1) is 16.7. The molecule has 0 radical (unpaired) electrons. The smallest absolute Gasteiger partial charge is 0.362 e. The van der Waals surface area contributed by atoms with Crippen molar-refractivity contribution in [2.75, 3.05) is 12.3 Å². The fourth-order valence-corrected chi connectivity index (χ4v) is 4.75. The summed E-state index contributed by atoms with van der Waals surface area (Å²) in [6, 6.07) is 4.29. The van der Waals surface area contributed by atoms with Crippen LogP contribution in [-0.2, 0) is 25.6 Å². The maximum Gasteiger partial charge on any atom is 0.362 e. The number of aliphatic hydroxyl groups excluding tert-OH is 2.